The zero-order chi connectivity index (χ0) is 16.8. The van der Waals surface area contributed by atoms with Gasteiger partial charge >= 0.3 is 0 Å². The lowest BCUT2D eigenvalue weighted by Crippen LogP contribution is -2.03. The van der Waals surface area contributed by atoms with Crippen molar-refractivity contribution in [2.24, 2.45) is 5.10 Å². The van der Waals surface area contributed by atoms with Gasteiger partial charge in [-0.3, -0.25) is 5.43 Å². The third-order valence-electron chi connectivity index (χ3n) is 3.28. The molecule has 0 heterocycles. The quantitative estimate of drug-likeness (QED) is 0.595. The summed E-state index contributed by atoms with van der Waals surface area (Å²) >= 11 is 5.86. The van der Waals surface area contributed by atoms with Crippen molar-refractivity contribution in [2.45, 2.75) is 6.92 Å². The van der Waals surface area contributed by atoms with Crippen LogP contribution in [0.5, 0.6) is 17.2 Å². The second-order valence-corrected chi connectivity index (χ2v) is 5.17. The summed E-state index contributed by atoms with van der Waals surface area (Å²) in [6, 6.07) is 11.0. The summed E-state index contributed by atoms with van der Waals surface area (Å²) in [4.78, 5) is 0. The monoisotopic (exact) mass is 370 g/mol. The van der Waals surface area contributed by atoms with E-state index in [2.05, 4.69) is 10.5 Å². The SMILES string of the molecule is COc1cc(/C(C)=N/Nc2ccc(Cl)cc2)cc(OC)c1OC.Cl. The zero-order valence-electron chi connectivity index (χ0n) is 13.9. The molecule has 130 valence electrons. The third-order valence-corrected chi connectivity index (χ3v) is 3.53. The minimum Gasteiger partial charge on any atom is -0.493 e. The molecule has 2 rings (SSSR count). The number of halogens is 2. The molecule has 2 aromatic carbocycles. The molecule has 24 heavy (non-hydrogen) atoms. The fraction of sp³-hybridized carbons (Fsp3) is 0.235. The highest BCUT2D eigenvalue weighted by Gasteiger charge is 2.14. The summed E-state index contributed by atoms with van der Waals surface area (Å²) in [6.07, 6.45) is 0. The van der Waals surface area contributed by atoms with Gasteiger partial charge < -0.3 is 14.2 Å². The van der Waals surface area contributed by atoms with Crippen LogP contribution in [0.3, 0.4) is 0 Å². The molecule has 2 aromatic rings. The van der Waals surface area contributed by atoms with E-state index in [1.807, 2.05) is 31.2 Å². The van der Waals surface area contributed by atoms with Crippen LogP contribution in [0.4, 0.5) is 5.69 Å². The number of ether oxygens (including phenoxy) is 3. The Bertz CT molecular complexity index is 678. The van der Waals surface area contributed by atoms with E-state index in [1.54, 1.807) is 33.5 Å². The van der Waals surface area contributed by atoms with E-state index in [-0.39, 0.29) is 12.4 Å². The average Bonchev–Trinajstić information content (AvgIpc) is 2.59. The second-order valence-electron chi connectivity index (χ2n) is 4.73. The van der Waals surface area contributed by atoms with Crippen LogP contribution in [-0.4, -0.2) is 27.0 Å². The van der Waals surface area contributed by atoms with Gasteiger partial charge in [0.15, 0.2) is 11.5 Å². The van der Waals surface area contributed by atoms with Crippen molar-refractivity contribution in [1.82, 2.24) is 0 Å². The van der Waals surface area contributed by atoms with Crippen molar-refractivity contribution in [3.63, 3.8) is 0 Å². The summed E-state index contributed by atoms with van der Waals surface area (Å²) < 4.78 is 16.0. The van der Waals surface area contributed by atoms with Gasteiger partial charge in [-0.15, -0.1) is 12.4 Å². The van der Waals surface area contributed by atoms with Crippen LogP contribution in [0.25, 0.3) is 0 Å². The number of anilines is 1. The fourth-order valence-corrected chi connectivity index (χ4v) is 2.15. The highest BCUT2D eigenvalue weighted by molar-refractivity contribution is 6.30. The van der Waals surface area contributed by atoms with E-state index < -0.39 is 0 Å². The average molecular weight is 371 g/mol. The number of nitrogens with zero attached hydrogens (tertiary/aromatic N) is 1. The highest BCUT2D eigenvalue weighted by atomic mass is 35.5. The molecule has 0 aliphatic heterocycles. The van der Waals surface area contributed by atoms with Gasteiger partial charge in [-0.2, -0.15) is 5.10 Å². The topological polar surface area (TPSA) is 52.1 Å². The maximum Gasteiger partial charge on any atom is 0.203 e. The first-order valence-electron chi connectivity index (χ1n) is 6.95. The van der Waals surface area contributed by atoms with Crippen LogP contribution in [0.1, 0.15) is 12.5 Å². The van der Waals surface area contributed by atoms with Gasteiger partial charge in [-0.25, -0.2) is 0 Å². The van der Waals surface area contributed by atoms with Crippen LogP contribution in [0.15, 0.2) is 41.5 Å². The van der Waals surface area contributed by atoms with Crippen molar-refractivity contribution in [2.75, 3.05) is 26.8 Å². The molecule has 5 nitrogen and oxygen atoms in total. The number of rotatable bonds is 6. The van der Waals surface area contributed by atoms with Crippen LogP contribution < -0.4 is 19.6 Å². The Labute approximate surface area is 153 Å². The predicted octanol–water partition coefficient (Wildman–Crippen LogP) is 4.62. The lowest BCUT2D eigenvalue weighted by molar-refractivity contribution is 0.324. The van der Waals surface area contributed by atoms with Gasteiger partial charge in [0.1, 0.15) is 0 Å². The first-order chi connectivity index (χ1) is 11.1. The zero-order valence-corrected chi connectivity index (χ0v) is 15.5. The van der Waals surface area contributed by atoms with Gasteiger partial charge in [-0.05, 0) is 43.3 Å². The summed E-state index contributed by atoms with van der Waals surface area (Å²) in [5.41, 5.74) is 5.48. The van der Waals surface area contributed by atoms with Crippen LogP contribution in [0.2, 0.25) is 5.02 Å². The number of nitrogens with one attached hydrogen (secondary N) is 1. The number of hydrazone groups is 1. The van der Waals surface area contributed by atoms with Crippen molar-refractivity contribution in [3.05, 3.63) is 47.0 Å². The third kappa shape index (κ3) is 4.69. The lowest BCUT2D eigenvalue weighted by atomic mass is 10.1. The minimum atomic E-state index is 0. The standard InChI is InChI=1S/C17H19ClN2O3.ClH/c1-11(19-20-14-7-5-13(18)6-8-14)12-9-15(21-2)17(23-4)16(10-12)22-3;/h5-10,20H,1-4H3;1H/b19-11+;. The molecule has 0 unspecified atom stereocenters. The number of methoxy groups -OCH3 is 3. The molecule has 0 bridgehead atoms. The van der Waals surface area contributed by atoms with Crippen molar-refractivity contribution in [1.29, 1.82) is 0 Å². The molecule has 0 spiro atoms. The van der Waals surface area contributed by atoms with Gasteiger partial charge in [0.2, 0.25) is 5.75 Å². The second kappa shape index (κ2) is 9.25. The largest absolute Gasteiger partial charge is 0.493 e. The van der Waals surface area contributed by atoms with Gasteiger partial charge in [0, 0.05) is 10.6 Å². The van der Waals surface area contributed by atoms with Crippen molar-refractivity contribution in [3.8, 4) is 17.2 Å². The first kappa shape index (κ1) is 19.9. The Morgan fingerprint density at radius 1 is 0.958 bits per heavy atom. The van der Waals surface area contributed by atoms with Crippen LogP contribution in [0, 0.1) is 0 Å². The van der Waals surface area contributed by atoms with E-state index in [0.29, 0.717) is 22.3 Å². The molecule has 0 radical (unpaired) electrons. The van der Waals surface area contributed by atoms with Crippen LogP contribution in [-0.2, 0) is 0 Å². The van der Waals surface area contributed by atoms with Crippen molar-refractivity contribution >= 4 is 35.4 Å². The predicted molar refractivity (Wildman–Crippen MR) is 101 cm³/mol. The fourth-order valence-electron chi connectivity index (χ4n) is 2.03. The molecule has 0 amide bonds. The molecule has 7 heteroatoms. The molecule has 0 saturated carbocycles. The normalized spacial score (nSPS) is 10.6. The number of hydrogen-bond donors (Lipinski definition) is 1. The Morgan fingerprint density at radius 3 is 1.96 bits per heavy atom. The molecular weight excluding hydrogens is 351 g/mol. The van der Waals surface area contributed by atoms with Gasteiger partial charge in [0.25, 0.3) is 0 Å². The molecule has 0 atom stereocenters. The van der Waals surface area contributed by atoms with E-state index in [0.717, 1.165) is 17.0 Å². The summed E-state index contributed by atoms with van der Waals surface area (Å²) in [6.45, 7) is 1.89. The Morgan fingerprint density at radius 2 is 1.50 bits per heavy atom. The van der Waals surface area contributed by atoms with Gasteiger partial charge in [0.05, 0.1) is 32.7 Å². The highest BCUT2D eigenvalue weighted by Crippen LogP contribution is 2.38. The van der Waals surface area contributed by atoms with E-state index in [4.69, 9.17) is 25.8 Å². The molecule has 0 aromatic heterocycles. The maximum atomic E-state index is 5.86. The lowest BCUT2D eigenvalue weighted by Gasteiger charge is -2.14. The molecule has 0 saturated heterocycles. The van der Waals surface area contributed by atoms with E-state index in [1.165, 1.54) is 0 Å². The molecule has 0 aliphatic rings. The maximum absolute atomic E-state index is 5.86. The Hall–Kier alpha value is -2.11. The summed E-state index contributed by atoms with van der Waals surface area (Å²) in [5.74, 6) is 1.72. The molecule has 1 N–H and O–H groups in total. The minimum absolute atomic E-state index is 0. The Kier molecular flexibility index (Phi) is 7.68. The number of hydrogen-bond acceptors (Lipinski definition) is 5. The first-order valence-corrected chi connectivity index (χ1v) is 7.33. The van der Waals surface area contributed by atoms with Crippen LogP contribution >= 0.6 is 24.0 Å². The summed E-state index contributed by atoms with van der Waals surface area (Å²) in [7, 11) is 4.74. The number of benzene rings is 2. The molecule has 0 aliphatic carbocycles. The summed E-state index contributed by atoms with van der Waals surface area (Å²) in [5, 5.41) is 5.05. The van der Waals surface area contributed by atoms with Crippen molar-refractivity contribution < 1.29 is 14.2 Å². The smallest absolute Gasteiger partial charge is 0.203 e. The molecular formula is C17H20Cl2N2O3. The Balaban J connectivity index is 0.00000288. The van der Waals surface area contributed by atoms with E-state index >= 15 is 0 Å². The van der Waals surface area contributed by atoms with Gasteiger partial charge in [-0.1, -0.05) is 11.6 Å². The van der Waals surface area contributed by atoms with E-state index in [9.17, 15) is 0 Å². The molecule has 0 fully saturated rings.